The van der Waals surface area contributed by atoms with Crippen LogP contribution in [0.3, 0.4) is 0 Å². The average molecular weight is 507 g/mol. The molecule has 0 aliphatic carbocycles. The predicted molar refractivity (Wildman–Crippen MR) is 173 cm³/mol. The Balaban J connectivity index is 1.60. The van der Waals surface area contributed by atoms with E-state index in [0.717, 1.165) is 0 Å². The summed E-state index contributed by atoms with van der Waals surface area (Å²) in [5.74, 6) is 0. The van der Waals surface area contributed by atoms with E-state index >= 15 is 0 Å². The van der Waals surface area contributed by atoms with E-state index in [1.165, 1.54) is 76.5 Å². The van der Waals surface area contributed by atoms with Crippen LogP contribution in [0.25, 0.3) is 76.5 Å². The monoisotopic (exact) mass is 506 g/mol. The Hall–Kier alpha value is -5.20. The van der Waals surface area contributed by atoms with Crippen LogP contribution >= 0.6 is 0 Å². The molecule has 186 valence electrons. The van der Waals surface area contributed by atoms with Gasteiger partial charge in [0, 0.05) is 0 Å². The zero-order chi connectivity index (χ0) is 26.5. The van der Waals surface area contributed by atoms with E-state index in [2.05, 4.69) is 158 Å². The quantitative estimate of drug-likeness (QED) is 0.165. The molecule has 0 atom stereocenters. The highest BCUT2D eigenvalue weighted by atomic mass is 14.2. The fourth-order valence-corrected chi connectivity index (χ4v) is 6.46. The highest BCUT2D eigenvalue weighted by Crippen LogP contribution is 2.47. The minimum absolute atomic E-state index is 1.23. The van der Waals surface area contributed by atoms with Crippen LogP contribution in [0, 0.1) is 0 Å². The van der Waals surface area contributed by atoms with E-state index in [9.17, 15) is 0 Å². The second-order valence-corrected chi connectivity index (χ2v) is 10.5. The lowest BCUT2D eigenvalue weighted by atomic mass is 9.83. The van der Waals surface area contributed by atoms with Crippen molar-refractivity contribution < 1.29 is 0 Å². The molecule has 8 aromatic carbocycles. The third kappa shape index (κ3) is 3.54. The van der Waals surface area contributed by atoms with Gasteiger partial charge in [-0.05, 0) is 88.6 Å². The van der Waals surface area contributed by atoms with Crippen LogP contribution < -0.4 is 0 Å². The minimum Gasteiger partial charge on any atom is -0.0622 e. The first kappa shape index (κ1) is 22.8. The van der Waals surface area contributed by atoms with Gasteiger partial charge in [-0.2, -0.15) is 0 Å². The standard InChI is InChI=1S/C40H26/c1-3-13-27(14-4-1)29-23-24-36-38(25-29)40(35-22-12-11-21-34(35)39(36)28-15-5-2-6-16-28)37-26-30-17-7-8-18-31(30)32-19-9-10-20-33(32)37/h1-26H. The third-order valence-electron chi connectivity index (χ3n) is 8.23. The summed E-state index contributed by atoms with van der Waals surface area (Å²) >= 11 is 0. The predicted octanol–water partition coefficient (Wildman–Crippen LogP) is 11.3. The van der Waals surface area contributed by atoms with Crippen LogP contribution in [0.2, 0.25) is 0 Å². The molecule has 40 heavy (non-hydrogen) atoms. The third-order valence-corrected chi connectivity index (χ3v) is 8.23. The molecule has 0 heterocycles. The Morgan fingerprint density at radius 2 is 0.775 bits per heavy atom. The minimum atomic E-state index is 1.23. The Bertz CT molecular complexity index is 2190. The molecule has 0 aliphatic heterocycles. The molecule has 0 unspecified atom stereocenters. The van der Waals surface area contributed by atoms with Crippen molar-refractivity contribution in [3.63, 3.8) is 0 Å². The molecular formula is C40H26. The smallest absolute Gasteiger partial charge is 0.00197 e. The first-order chi connectivity index (χ1) is 19.9. The zero-order valence-corrected chi connectivity index (χ0v) is 22.0. The molecule has 0 saturated heterocycles. The summed E-state index contributed by atoms with van der Waals surface area (Å²) in [7, 11) is 0. The fourth-order valence-electron chi connectivity index (χ4n) is 6.46. The zero-order valence-electron chi connectivity index (χ0n) is 22.0. The molecule has 0 radical (unpaired) electrons. The summed E-state index contributed by atoms with van der Waals surface area (Å²) in [5.41, 5.74) is 7.57. The number of fused-ring (bicyclic) bond motifs is 5. The van der Waals surface area contributed by atoms with E-state index in [-0.39, 0.29) is 0 Å². The lowest BCUT2D eigenvalue weighted by Gasteiger charge is -2.20. The van der Waals surface area contributed by atoms with Crippen LogP contribution in [-0.4, -0.2) is 0 Å². The van der Waals surface area contributed by atoms with Gasteiger partial charge in [-0.15, -0.1) is 0 Å². The van der Waals surface area contributed by atoms with E-state index in [1.54, 1.807) is 0 Å². The van der Waals surface area contributed by atoms with Gasteiger partial charge < -0.3 is 0 Å². The summed E-state index contributed by atoms with van der Waals surface area (Å²) in [6, 6.07) is 57.5. The second-order valence-electron chi connectivity index (χ2n) is 10.5. The van der Waals surface area contributed by atoms with Gasteiger partial charge in [0.05, 0.1) is 0 Å². The summed E-state index contributed by atoms with van der Waals surface area (Å²) in [4.78, 5) is 0. The molecule has 0 bridgehead atoms. The van der Waals surface area contributed by atoms with Gasteiger partial charge in [0.1, 0.15) is 0 Å². The van der Waals surface area contributed by atoms with E-state index in [0.29, 0.717) is 0 Å². The lowest BCUT2D eigenvalue weighted by molar-refractivity contribution is 1.63. The van der Waals surface area contributed by atoms with Crippen LogP contribution in [0.15, 0.2) is 158 Å². The molecule has 0 N–H and O–H groups in total. The number of benzene rings is 8. The van der Waals surface area contributed by atoms with Crippen molar-refractivity contribution in [3.05, 3.63) is 158 Å². The van der Waals surface area contributed by atoms with Crippen molar-refractivity contribution in [3.8, 4) is 33.4 Å². The summed E-state index contributed by atoms with van der Waals surface area (Å²) in [6.45, 7) is 0. The average Bonchev–Trinajstić information content (AvgIpc) is 3.04. The first-order valence-corrected chi connectivity index (χ1v) is 13.9. The topological polar surface area (TPSA) is 0 Å². The van der Waals surface area contributed by atoms with Gasteiger partial charge in [0.15, 0.2) is 0 Å². The Kier molecular flexibility index (Phi) is 5.24. The molecular weight excluding hydrogens is 480 g/mol. The van der Waals surface area contributed by atoms with Gasteiger partial charge in [0.2, 0.25) is 0 Å². The molecule has 0 fully saturated rings. The van der Waals surface area contributed by atoms with Crippen LogP contribution in [0.4, 0.5) is 0 Å². The van der Waals surface area contributed by atoms with Crippen LogP contribution in [0.1, 0.15) is 0 Å². The van der Waals surface area contributed by atoms with Gasteiger partial charge in [-0.3, -0.25) is 0 Å². The van der Waals surface area contributed by atoms with Crippen molar-refractivity contribution in [1.29, 1.82) is 0 Å². The van der Waals surface area contributed by atoms with Crippen molar-refractivity contribution in [2.24, 2.45) is 0 Å². The molecule has 0 aliphatic rings. The Morgan fingerprint density at radius 3 is 1.50 bits per heavy atom. The number of rotatable bonds is 3. The summed E-state index contributed by atoms with van der Waals surface area (Å²) < 4.78 is 0. The van der Waals surface area contributed by atoms with Crippen LogP contribution in [0.5, 0.6) is 0 Å². The lowest BCUT2D eigenvalue weighted by Crippen LogP contribution is -1.93. The molecule has 8 aromatic rings. The maximum atomic E-state index is 2.41. The maximum absolute atomic E-state index is 2.41. The van der Waals surface area contributed by atoms with Gasteiger partial charge >= 0.3 is 0 Å². The largest absolute Gasteiger partial charge is 0.0622 e. The highest BCUT2D eigenvalue weighted by molar-refractivity contribution is 6.26. The molecule has 0 spiro atoms. The molecule has 0 heteroatoms. The SMILES string of the molecule is c1ccc(-c2ccc3c(-c4ccccc4)c4ccccc4c(-c4cc5ccccc5c5ccccc45)c3c2)cc1. The van der Waals surface area contributed by atoms with Crippen molar-refractivity contribution >= 4 is 43.1 Å². The van der Waals surface area contributed by atoms with Gasteiger partial charge in [-0.1, -0.05) is 146 Å². The maximum Gasteiger partial charge on any atom is -0.00197 e. The van der Waals surface area contributed by atoms with E-state index in [1.807, 2.05) is 0 Å². The van der Waals surface area contributed by atoms with Gasteiger partial charge in [0.25, 0.3) is 0 Å². The van der Waals surface area contributed by atoms with Crippen molar-refractivity contribution in [1.82, 2.24) is 0 Å². The summed E-state index contributed by atoms with van der Waals surface area (Å²) in [5, 5.41) is 10.2. The van der Waals surface area contributed by atoms with E-state index < -0.39 is 0 Å². The Labute approximate surface area is 233 Å². The van der Waals surface area contributed by atoms with Crippen molar-refractivity contribution in [2.45, 2.75) is 0 Å². The van der Waals surface area contributed by atoms with Crippen LogP contribution in [-0.2, 0) is 0 Å². The number of hydrogen-bond donors (Lipinski definition) is 0. The molecule has 0 nitrogen and oxygen atoms in total. The number of hydrogen-bond acceptors (Lipinski definition) is 0. The second kappa shape index (κ2) is 9.22. The molecule has 0 aromatic heterocycles. The fraction of sp³-hybridized carbons (Fsp3) is 0. The highest BCUT2D eigenvalue weighted by Gasteiger charge is 2.19. The summed E-state index contributed by atoms with van der Waals surface area (Å²) in [6.07, 6.45) is 0. The molecule has 8 rings (SSSR count). The normalized spacial score (nSPS) is 11.5. The van der Waals surface area contributed by atoms with Gasteiger partial charge in [-0.25, -0.2) is 0 Å². The molecule has 0 amide bonds. The first-order valence-electron chi connectivity index (χ1n) is 13.9. The van der Waals surface area contributed by atoms with E-state index in [4.69, 9.17) is 0 Å². The Morgan fingerprint density at radius 1 is 0.250 bits per heavy atom. The molecule has 0 saturated carbocycles. The van der Waals surface area contributed by atoms with Crippen molar-refractivity contribution in [2.75, 3.05) is 0 Å².